The highest BCUT2D eigenvalue weighted by molar-refractivity contribution is 6.03. The number of nitrogens with zero attached hydrogens (tertiary/aromatic N) is 3. The third kappa shape index (κ3) is 4.60. The van der Waals surface area contributed by atoms with Gasteiger partial charge in [-0.15, -0.1) is 0 Å². The second kappa shape index (κ2) is 8.16. The van der Waals surface area contributed by atoms with Crippen LogP contribution in [0.3, 0.4) is 0 Å². The molecule has 1 aromatic carbocycles. The summed E-state index contributed by atoms with van der Waals surface area (Å²) in [5.41, 5.74) is 1.37. The monoisotopic (exact) mass is 342 g/mol. The average Bonchev–Trinajstić information content (AvgIpc) is 2.84. The summed E-state index contributed by atoms with van der Waals surface area (Å²) in [6.07, 6.45) is 6.07. The van der Waals surface area contributed by atoms with E-state index in [1.54, 1.807) is 6.20 Å². The zero-order valence-electron chi connectivity index (χ0n) is 15.0. The number of carbonyl (C=O) groups is 1. The molecule has 1 aliphatic heterocycles. The van der Waals surface area contributed by atoms with Crippen molar-refractivity contribution in [1.29, 1.82) is 0 Å². The van der Waals surface area contributed by atoms with Crippen molar-refractivity contribution in [3.63, 3.8) is 0 Å². The Kier molecular flexibility index (Phi) is 5.71. The Hall–Kier alpha value is -2.34. The molecule has 1 amide bonds. The maximum absolute atomic E-state index is 12.7. The van der Waals surface area contributed by atoms with Gasteiger partial charge in [-0.05, 0) is 39.1 Å². The molecule has 2 aromatic rings. The van der Waals surface area contributed by atoms with Gasteiger partial charge in [-0.25, -0.2) is 4.98 Å². The maximum atomic E-state index is 12.7. The summed E-state index contributed by atoms with van der Waals surface area (Å²) in [5, 5.41) is 2.96. The number of ether oxygens (including phenoxy) is 1. The van der Waals surface area contributed by atoms with E-state index in [9.17, 15) is 4.79 Å². The third-order valence-corrected chi connectivity index (χ3v) is 4.35. The van der Waals surface area contributed by atoms with Gasteiger partial charge in [0.25, 0.3) is 5.91 Å². The Balaban J connectivity index is 1.66. The fourth-order valence-corrected chi connectivity index (χ4v) is 2.98. The summed E-state index contributed by atoms with van der Waals surface area (Å²) in [6, 6.07) is 7.51. The molecule has 3 rings (SSSR count). The Labute approximate surface area is 148 Å². The molecule has 0 saturated carbocycles. The van der Waals surface area contributed by atoms with Crippen molar-refractivity contribution in [3.05, 3.63) is 42.0 Å². The lowest BCUT2D eigenvalue weighted by molar-refractivity contribution is 0.101. The van der Waals surface area contributed by atoms with Crippen LogP contribution < -0.4 is 10.1 Å². The highest BCUT2D eigenvalue weighted by atomic mass is 16.5. The first-order valence-electron chi connectivity index (χ1n) is 8.87. The van der Waals surface area contributed by atoms with Crippen LogP contribution >= 0.6 is 0 Å². The van der Waals surface area contributed by atoms with Crippen LogP contribution in [-0.2, 0) is 13.0 Å². The first-order valence-corrected chi connectivity index (χ1v) is 8.87. The summed E-state index contributed by atoms with van der Waals surface area (Å²) < 4.78 is 7.78. The Morgan fingerprint density at radius 2 is 2.20 bits per heavy atom. The molecule has 0 radical (unpaired) electrons. The summed E-state index contributed by atoms with van der Waals surface area (Å²) in [5.74, 6) is 1.65. The van der Waals surface area contributed by atoms with E-state index in [1.165, 1.54) is 6.42 Å². The van der Waals surface area contributed by atoms with E-state index in [-0.39, 0.29) is 5.91 Å². The molecule has 0 bridgehead atoms. The zero-order chi connectivity index (χ0) is 17.6. The number of anilines is 1. The van der Waals surface area contributed by atoms with Gasteiger partial charge in [-0.3, -0.25) is 4.79 Å². The van der Waals surface area contributed by atoms with Crippen LogP contribution in [0.25, 0.3) is 0 Å². The Bertz CT molecular complexity index is 724. The van der Waals surface area contributed by atoms with Crippen LogP contribution in [0, 0.1) is 0 Å². The van der Waals surface area contributed by atoms with Gasteiger partial charge in [0.05, 0.1) is 6.20 Å². The number of amides is 1. The molecule has 134 valence electrons. The first-order chi connectivity index (χ1) is 12.1. The molecule has 6 heteroatoms. The molecular weight excluding hydrogens is 316 g/mol. The molecule has 0 aliphatic carbocycles. The number of aromatic nitrogens is 2. The molecule has 1 aliphatic rings. The molecule has 0 spiro atoms. The molecule has 6 nitrogen and oxygen atoms in total. The molecule has 0 unspecified atom stereocenters. The lowest BCUT2D eigenvalue weighted by atomic mass is 10.2. The fourth-order valence-electron chi connectivity index (χ4n) is 2.98. The van der Waals surface area contributed by atoms with Crippen molar-refractivity contribution in [2.75, 3.05) is 32.6 Å². The van der Waals surface area contributed by atoms with E-state index >= 15 is 0 Å². The van der Waals surface area contributed by atoms with Gasteiger partial charge in [0, 0.05) is 31.3 Å². The predicted octanol–water partition coefficient (Wildman–Crippen LogP) is 2.80. The first kappa shape index (κ1) is 17.5. The summed E-state index contributed by atoms with van der Waals surface area (Å²) in [7, 11) is 4.02. The van der Waals surface area contributed by atoms with Crippen molar-refractivity contribution < 1.29 is 9.53 Å². The molecule has 0 saturated heterocycles. The van der Waals surface area contributed by atoms with Crippen molar-refractivity contribution in [1.82, 2.24) is 14.5 Å². The predicted molar refractivity (Wildman–Crippen MR) is 98.2 cm³/mol. The number of nitrogens with one attached hydrogen (secondary N) is 1. The molecule has 1 aromatic heterocycles. The Morgan fingerprint density at radius 3 is 3.04 bits per heavy atom. The number of carbonyl (C=O) groups excluding carboxylic acids is 1. The van der Waals surface area contributed by atoms with Gasteiger partial charge in [-0.1, -0.05) is 12.5 Å². The van der Waals surface area contributed by atoms with Gasteiger partial charge >= 0.3 is 0 Å². The molecule has 25 heavy (non-hydrogen) atoms. The number of hydrogen-bond acceptors (Lipinski definition) is 4. The summed E-state index contributed by atoms with van der Waals surface area (Å²) in [6.45, 7) is 2.32. The molecule has 0 fully saturated rings. The van der Waals surface area contributed by atoms with E-state index in [1.807, 2.05) is 38.4 Å². The topological polar surface area (TPSA) is 59.4 Å². The Morgan fingerprint density at radius 1 is 1.32 bits per heavy atom. The zero-order valence-corrected chi connectivity index (χ0v) is 15.0. The van der Waals surface area contributed by atoms with Crippen molar-refractivity contribution in [2.45, 2.75) is 32.2 Å². The van der Waals surface area contributed by atoms with Gasteiger partial charge in [0.2, 0.25) is 0 Å². The average molecular weight is 342 g/mol. The normalized spacial score (nSPS) is 14.0. The van der Waals surface area contributed by atoms with Gasteiger partial charge in [0.1, 0.15) is 23.9 Å². The minimum Gasteiger partial charge on any atom is -0.492 e. The maximum Gasteiger partial charge on any atom is 0.273 e. The molecular formula is C19H26N4O2. The van der Waals surface area contributed by atoms with Gasteiger partial charge in [-0.2, -0.15) is 0 Å². The number of hydrogen-bond donors (Lipinski definition) is 1. The SMILES string of the molecule is CN(C)CCOc1cccc(NC(=O)c2cnc3n2CCCCC3)c1. The van der Waals surface area contributed by atoms with E-state index in [2.05, 4.69) is 19.8 Å². The van der Waals surface area contributed by atoms with Crippen LogP contribution in [0.4, 0.5) is 5.69 Å². The third-order valence-electron chi connectivity index (χ3n) is 4.35. The quantitative estimate of drug-likeness (QED) is 0.877. The van der Waals surface area contributed by atoms with Crippen molar-refractivity contribution in [3.8, 4) is 5.75 Å². The number of imidazole rings is 1. The van der Waals surface area contributed by atoms with Crippen LogP contribution in [0.2, 0.25) is 0 Å². The van der Waals surface area contributed by atoms with Crippen molar-refractivity contribution in [2.24, 2.45) is 0 Å². The van der Waals surface area contributed by atoms with E-state index in [0.717, 1.165) is 49.6 Å². The van der Waals surface area contributed by atoms with Crippen LogP contribution in [0.5, 0.6) is 5.75 Å². The van der Waals surface area contributed by atoms with E-state index in [4.69, 9.17) is 4.74 Å². The smallest absolute Gasteiger partial charge is 0.273 e. The summed E-state index contributed by atoms with van der Waals surface area (Å²) >= 11 is 0. The minimum absolute atomic E-state index is 0.119. The largest absolute Gasteiger partial charge is 0.492 e. The van der Waals surface area contributed by atoms with Crippen LogP contribution in [0.15, 0.2) is 30.5 Å². The second-order valence-corrected chi connectivity index (χ2v) is 6.66. The lowest BCUT2D eigenvalue weighted by Crippen LogP contribution is -2.19. The number of fused-ring (bicyclic) bond motifs is 1. The summed E-state index contributed by atoms with van der Waals surface area (Å²) in [4.78, 5) is 19.1. The minimum atomic E-state index is -0.119. The fraction of sp³-hybridized carbons (Fsp3) is 0.474. The number of rotatable bonds is 6. The van der Waals surface area contributed by atoms with Crippen LogP contribution in [-0.4, -0.2) is 47.6 Å². The van der Waals surface area contributed by atoms with Crippen LogP contribution in [0.1, 0.15) is 35.6 Å². The number of aryl methyl sites for hydroxylation is 1. The molecule has 0 atom stereocenters. The number of benzene rings is 1. The highest BCUT2D eigenvalue weighted by Crippen LogP contribution is 2.20. The van der Waals surface area contributed by atoms with Crippen molar-refractivity contribution >= 4 is 11.6 Å². The lowest BCUT2D eigenvalue weighted by Gasteiger charge is -2.12. The van der Waals surface area contributed by atoms with Gasteiger partial charge in [0.15, 0.2) is 0 Å². The molecule has 1 N–H and O–H groups in total. The second-order valence-electron chi connectivity index (χ2n) is 6.66. The van der Waals surface area contributed by atoms with E-state index < -0.39 is 0 Å². The van der Waals surface area contributed by atoms with E-state index in [0.29, 0.717) is 12.3 Å². The molecule has 2 heterocycles. The highest BCUT2D eigenvalue weighted by Gasteiger charge is 2.18. The standard InChI is InChI=1S/C19H26N4O2/c1-22(2)11-12-25-16-8-6-7-15(13-16)21-19(24)17-14-20-18-9-4-3-5-10-23(17)18/h6-8,13-14H,3-5,9-12H2,1-2H3,(H,21,24). The number of likely N-dealkylation sites (N-methyl/N-ethyl adjacent to an activating group) is 1. The van der Waals surface area contributed by atoms with Gasteiger partial charge < -0.3 is 19.5 Å².